The summed E-state index contributed by atoms with van der Waals surface area (Å²) in [6.07, 6.45) is 2.37. The van der Waals surface area contributed by atoms with Gasteiger partial charge in [-0.15, -0.1) is 0 Å². The van der Waals surface area contributed by atoms with E-state index in [0.717, 1.165) is 17.2 Å². The van der Waals surface area contributed by atoms with Gasteiger partial charge < -0.3 is 10.6 Å². The summed E-state index contributed by atoms with van der Waals surface area (Å²) in [7, 11) is 0. The smallest absolute Gasteiger partial charge is 0.225 e. The van der Waals surface area contributed by atoms with Gasteiger partial charge >= 0.3 is 0 Å². The minimum Gasteiger partial charge on any atom is -0.352 e. The van der Waals surface area contributed by atoms with Crippen LogP contribution in [0.1, 0.15) is 43.9 Å². The second-order valence-electron chi connectivity index (χ2n) is 5.86. The molecule has 2 aromatic rings. The van der Waals surface area contributed by atoms with Crippen molar-refractivity contribution in [3.8, 4) is 6.07 Å². The Morgan fingerprint density at radius 3 is 2.68 bits per heavy atom. The predicted molar refractivity (Wildman–Crippen MR) is 87.2 cm³/mol. The maximum atomic E-state index is 9.19. The molecule has 1 aromatic carbocycles. The normalized spacial score (nSPS) is 13.7. The number of hydrogen-bond acceptors (Lipinski definition) is 5. The molecule has 1 aliphatic carbocycles. The third-order valence-corrected chi connectivity index (χ3v) is 3.47. The summed E-state index contributed by atoms with van der Waals surface area (Å²) in [6, 6.07) is 11.9. The van der Waals surface area contributed by atoms with Crippen LogP contribution in [0.5, 0.6) is 0 Å². The highest BCUT2D eigenvalue weighted by Gasteiger charge is 2.26. The van der Waals surface area contributed by atoms with E-state index in [4.69, 9.17) is 0 Å². The molecule has 0 aliphatic heterocycles. The second kappa shape index (κ2) is 6.02. The molecule has 1 fully saturated rings. The van der Waals surface area contributed by atoms with Gasteiger partial charge in [-0.05, 0) is 38.8 Å². The maximum absolute atomic E-state index is 9.19. The summed E-state index contributed by atoms with van der Waals surface area (Å²) in [5.41, 5.74) is 2.43. The van der Waals surface area contributed by atoms with Gasteiger partial charge in [0.05, 0.1) is 16.9 Å². The van der Waals surface area contributed by atoms with Crippen LogP contribution in [0.4, 0.5) is 17.5 Å². The molecule has 0 atom stereocenters. The van der Waals surface area contributed by atoms with E-state index in [1.807, 2.05) is 24.3 Å². The van der Waals surface area contributed by atoms with Crippen LogP contribution in [0, 0.1) is 11.3 Å². The highest BCUT2D eigenvalue weighted by atomic mass is 15.2. The molecule has 22 heavy (non-hydrogen) atoms. The van der Waals surface area contributed by atoms with Gasteiger partial charge in [0.25, 0.3) is 0 Å². The van der Waals surface area contributed by atoms with Crippen molar-refractivity contribution in [3.05, 3.63) is 41.6 Å². The molecule has 1 aromatic heterocycles. The summed E-state index contributed by atoms with van der Waals surface area (Å²) >= 11 is 0. The summed E-state index contributed by atoms with van der Waals surface area (Å²) in [5.74, 6) is 1.90. The lowest BCUT2D eigenvalue weighted by Crippen LogP contribution is -2.14. The quantitative estimate of drug-likeness (QED) is 0.877. The Labute approximate surface area is 130 Å². The molecular formula is C17H19N5. The van der Waals surface area contributed by atoms with Crippen LogP contribution in [0.15, 0.2) is 30.3 Å². The lowest BCUT2D eigenvalue weighted by Gasteiger charge is -2.13. The molecule has 5 nitrogen and oxygen atoms in total. The van der Waals surface area contributed by atoms with Crippen molar-refractivity contribution >= 4 is 17.5 Å². The second-order valence-corrected chi connectivity index (χ2v) is 5.86. The first-order valence-corrected chi connectivity index (χ1v) is 7.57. The Morgan fingerprint density at radius 2 is 2.00 bits per heavy atom. The fourth-order valence-electron chi connectivity index (χ4n) is 2.27. The summed E-state index contributed by atoms with van der Waals surface area (Å²) < 4.78 is 0. The molecule has 5 heteroatoms. The fraction of sp³-hybridized carbons (Fsp3) is 0.353. The number of rotatable bonds is 5. The molecule has 0 radical (unpaired) electrons. The Bertz CT molecular complexity index is 713. The molecule has 1 aliphatic rings. The average molecular weight is 293 g/mol. The zero-order chi connectivity index (χ0) is 15.5. The number of aromatic nitrogens is 2. The number of anilines is 3. The van der Waals surface area contributed by atoms with Crippen LogP contribution in [0.25, 0.3) is 0 Å². The van der Waals surface area contributed by atoms with Gasteiger partial charge in [-0.2, -0.15) is 10.2 Å². The number of para-hydroxylation sites is 1. The van der Waals surface area contributed by atoms with Crippen molar-refractivity contribution < 1.29 is 0 Å². The van der Waals surface area contributed by atoms with E-state index in [0.29, 0.717) is 17.4 Å². The topological polar surface area (TPSA) is 73.6 Å². The first kappa shape index (κ1) is 14.3. The van der Waals surface area contributed by atoms with Crippen molar-refractivity contribution in [3.63, 3.8) is 0 Å². The molecule has 1 saturated carbocycles. The molecular weight excluding hydrogens is 274 g/mol. The van der Waals surface area contributed by atoms with Gasteiger partial charge in [0.1, 0.15) is 11.9 Å². The predicted octanol–water partition coefficient (Wildman–Crippen LogP) is 3.79. The third-order valence-electron chi connectivity index (χ3n) is 3.47. The highest BCUT2D eigenvalue weighted by Crippen LogP contribution is 2.40. The molecule has 3 rings (SSSR count). The average Bonchev–Trinajstić information content (AvgIpc) is 3.31. The van der Waals surface area contributed by atoms with Crippen molar-refractivity contribution in [2.45, 2.75) is 38.6 Å². The third kappa shape index (κ3) is 3.34. The van der Waals surface area contributed by atoms with Crippen molar-refractivity contribution in [2.75, 3.05) is 10.6 Å². The molecule has 2 N–H and O–H groups in total. The van der Waals surface area contributed by atoms with Crippen LogP contribution >= 0.6 is 0 Å². The van der Waals surface area contributed by atoms with E-state index >= 15 is 0 Å². The lowest BCUT2D eigenvalue weighted by atomic mass is 10.2. The van der Waals surface area contributed by atoms with Gasteiger partial charge in [0.2, 0.25) is 5.95 Å². The Balaban J connectivity index is 1.92. The van der Waals surface area contributed by atoms with Gasteiger partial charge in [0, 0.05) is 18.0 Å². The van der Waals surface area contributed by atoms with E-state index in [1.165, 1.54) is 12.8 Å². The summed E-state index contributed by atoms with van der Waals surface area (Å²) in [6.45, 7) is 4.12. The molecule has 112 valence electrons. The van der Waals surface area contributed by atoms with Crippen LogP contribution < -0.4 is 10.6 Å². The standard InChI is InChI=1S/C17H19N5/c1-11(2)19-17-21-15(12-7-8-12)9-16(22-17)20-14-6-4-3-5-13(14)10-18/h3-6,9,11-12H,7-8H2,1-2H3,(H2,19,20,21,22). The summed E-state index contributed by atoms with van der Waals surface area (Å²) in [5, 5.41) is 15.7. The van der Waals surface area contributed by atoms with Gasteiger partial charge in [0.15, 0.2) is 0 Å². The van der Waals surface area contributed by atoms with Crippen LogP contribution in [-0.2, 0) is 0 Å². The lowest BCUT2D eigenvalue weighted by molar-refractivity contribution is 0.864. The molecule has 0 saturated heterocycles. The van der Waals surface area contributed by atoms with Crippen LogP contribution in [0.3, 0.4) is 0 Å². The largest absolute Gasteiger partial charge is 0.352 e. The number of nitrogens with one attached hydrogen (secondary N) is 2. The first-order chi connectivity index (χ1) is 10.7. The fourth-order valence-corrected chi connectivity index (χ4v) is 2.27. The van der Waals surface area contributed by atoms with E-state index in [9.17, 15) is 5.26 Å². The van der Waals surface area contributed by atoms with Gasteiger partial charge in [-0.3, -0.25) is 0 Å². The molecule has 1 heterocycles. The maximum Gasteiger partial charge on any atom is 0.225 e. The zero-order valence-corrected chi connectivity index (χ0v) is 12.8. The minimum absolute atomic E-state index is 0.272. The van der Waals surface area contributed by atoms with E-state index in [-0.39, 0.29) is 6.04 Å². The number of benzene rings is 1. The van der Waals surface area contributed by atoms with Crippen molar-refractivity contribution in [1.29, 1.82) is 5.26 Å². The zero-order valence-electron chi connectivity index (χ0n) is 12.8. The molecule has 0 unspecified atom stereocenters. The monoisotopic (exact) mass is 293 g/mol. The van der Waals surface area contributed by atoms with E-state index < -0.39 is 0 Å². The minimum atomic E-state index is 0.272. The van der Waals surface area contributed by atoms with Crippen LogP contribution in [-0.4, -0.2) is 16.0 Å². The van der Waals surface area contributed by atoms with Crippen molar-refractivity contribution in [1.82, 2.24) is 9.97 Å². The van der Waals surface area contributed by atoms with Crippen LogP contribution in [0.2, 0.25) is 0 Å². The number of hydrogen-bond donors (Lipinski definition) is 2. The van der Waals surface area contributed by atoms with Gasteiger partial charge in [-0.1, -0.05) is 12.1 Å². The Kier molecular flexibility index (Phi) is 3.92. The molecule has 0 spiro atoms. The Hall–Kier alpha value is -2.61. The SMILES string of the molecule is CC(C)Nc1nc(Nc2ccccc2C#N)cc(C2CC2)n1. The number of nitrogens with zero attached hydrogens (tertiary/aromatic N) is 3. The summed E-state index contributed by atoms with van der Waals surface area (Å²) in [4.78, 5) is 9.10. The first-order valence-electron chi connectivity index (χ1n) is 7.57. The van der Waals surface area contributed by atoms with Crippen molar-refractivity contribution in [2.24, 2.45) is 0 Å². The van der Waals surface area contributed by atoms with Gasteiger partial charge in [-0.25, -0.2) is 4.98 Å². The van der Waals surface area contributed by atoms with E-state index in [2.05, 4.69) is 40.5 Å². The highest BCUT2D eigenvalue weighted by molar-refractivity contribution is 5.65. The Morgan fingerprint density at radius 1 is 1.23 bits per heavy atom. The van der Waals surface area contributed by atoms with E-state index in [1.54, 1.807) is 6.07 Å². The molecule has 0 amide bonds. The molecule has 0 bridgehead atoms. The number of nitriles is 1.